The van der Waals surface area contributed by atoms with Crippen molar-refractivity contribution in [1.29, 1.82) is 0 Å². The predicted octanol–water partition coefficient (Wildman–Crippen LogP) is 3.84. The molecule has 0 N–H and O–H groups in total. The lowest BCUT2D eigenvalue weighted by Gasteiger charge is -2.12. The van der Waals surface area contributed by atoms with Crippen LogP contribution in [0.5, 0.6) is 0 Å². The second-order valence-corrected chi connectivity index (χ2v) is 4.93. The summed E-state index contributed by atoms with van der Waals surface area (Å²) in [7, 11) is 0. The fourth-order valence-corrected chi connectivity index (χ4v) is 2.42. The van der Waals surface area contributed by atoms with Crippen LogP contribution in [0.15, 0.2) is 35.4 Å². The molecule has 0 amide bonds. The molecule has 2 nitrogen and oxygen atoms in total. The van der Waals surface area contributed by atoms with Gasteiger partial charge in [0.05, 0.1) is 5.03 Å². The number of Topliss-reactive ketones (excluding diaryl/α,β-unsaturated/α-hetero) is 2. The number of carbonyl (C=O) groups excluding carboxylic acids is 2. The van der Waals surface area contributed by atoms with Gasteiger partial charge in [0.15, 0.2) is 0 Å². The van der Waals surface area contributed by atoms with Crippen LogP contribution in [0.3, 0.4) is 0 Å². The fourth-order valence-electron chi connectivity index (χ4n) is 2.04. The highest BCUT2D eigenvalue weighted by atomic mass is 35.5. The quantitative estimate of drug-likeness (QED) is 0.685. The number of allylic oxidation sites excluding steroid dienone is 1. The number of hydrogen-bond acceptors (Lipinski definition) is 2. The minimum absolute atomic E-state index is 0.0473. The average molecular weight is 277 g/mol. The number of ketones is 2. The van der Waals surface area contributed by atoms with Crippen molar-refractivity contribution >= 4 is 51.6 Å². The van der Waals surface area contributed by atoms with Crippen LogP contribution in [0, 0.1) is 0 Å². The molecule has 0 aromatic heterocycles. The summed E-state index contributed by atoms with van der Waals surface area (Å²) in [5.41, 5.74) is 1.04. The van der Waals surface area contributed by atoms with E-state index in [1.165, 1.54) is 6.08 Å². The van der Waals surface area contributed by atoms with Crippen LogP contribution in [0.25, 0.3) is 16.8 Å². The second kappa shape index (κ2) is 3.94. The number of halogens is 2. The Bertz CT molecular complexity index is 745. The molecule has 0 spiro atoms. The lowest BCUT2D eigenvalue weighted by Crippen LogP contribution is -2.19. The number of hydrogen-bond donors (Lipinski definition) is 0. The standard InChI is InChI=1S/C14H6Cl2O2/c15-10-2-1-7-5-11-9(3-8(7)4-10)6-12(16)14(18)13(11)17/h1-6H. The number of fused-ring (bicyclic) bond motifs is 2. The van der Waals surface area contributed by atoms with Gasteiger partial charge in [-0.25, -0.2) is 0 Å². The van der Waals surface area contributed by atoms with Gasteiger partial charge in [-0.1, -0.05) is 29.3 Å². The van der Waals surface area contributed by atoms with Gasteiger partial charge in [-0.3, -0.25) is 9.59 Å². The van der Waals surface area contributed by atoms with E-state index in [-0.39, 0.29) is 5.03 Å². The van der Waals surface area contributed by atoms with Gasteiger partial charge in [0, 0.05) is 10.6 Å². The summed E-state index contributed by atoms with van der Waals surface area (Å²) in [5.74, 6) is -1.22. The SMILES string of the molecule is O=C1C(=O)c2cc3ccc(Cl)cc3cc2C=C1Cl. The molecular formula is C14H6Cl2O2. The largest absolute Gasteiger partial charge is 0.285 e. The summed E-state index contributed by atoms with van der Waals surface area (Å²) < 4.78 is 0. The van der Waals surface area contributed by atoms with Crippen LogP contribution >= 0.6 is 23.2 Å². The maximum atomic E-state index is 11.8. The highest BCUT2D eigenvalue weighted by Gasteiger charge is 2.26. The number of rotatable bonds is 0. The molecular weight excluding hydrogens is 271 g/mol. The maximum Gasteiger partial charge on any atom is 0.244 e. The van der Waals surface area contributed by atoms with E-state index in [1.54, 1.807) is 18.2 Å². The third-order valence-electron chi connectivity index (χ3n) is 2.92. The zero-order valence-corrected chi connectivity index (χ0v) is 10.5. The molecule has 1 aliphatic carbocycles. The fraction of sp³-hybridized carbons (Fsp3) is 0. The van der Waals surface area contributed by atoms with E-state index in [1.807, 2.05) is 12.1 Å². The van der Waals surface area contributed by atoms with Gasteiger partial charge in [-0.15, -0.1) is 0 Å². The Balaban J connectivity index is 2.36. The van der Waals surface area contributed by atoms with E-state index in [0.29, 0.717) is 16.1 Å². The third kappa shape index (κ3) is 1.65. The maximum absolute atomic E-state index is 11.8. The molecule has 0 atom stereocenters. The second-order valence-electron chi connectivity index (χ2n) is 4.08. The zero-order chi connectivity index (χ0) is 12.9. The molecule has 1 aliphatic rings. The molecule has 88 valence electrons. The monoisotopic (exact) mass is 276 g/mol. The molecule has 2 aromatic rings. The molecule has 0 radical (unpaired) electrons. The molecule has 0 bridgehead atoms. The van der Waals surface area contributed by atoms with E-state index in [2.05, 4.69) is 0 Å². The highest BCUT2D eigenvalue weighted by molar-refractivity contribution is 6.63. The minimum Gasteiger partial charge on any atom is -0.285 e. The third-order valence-corrected chi connectivity index (χ3v) is 3.44. The van der Waals surface area contributed by atoms with Crippen molar-refractivity contribution in [2.45, 2.75) is 0 Å². The van der Waals surface area contributed by atoms with E-state index in [0.717, 1.165) is 10.8 Å². The number of carbonyl (C=O) groups is 2. The summed E-state index contributed by atoms with van der Waals surface area (Å²) in [6.45, 7) is 0. The van der Waals surface area contributed by atoms with Crippen molar-refractivity contribution in [3.63, 3.8) is 0 Å². The lowest BCUT2D eigenvalue weighted by molar-refractivity contribution is -0.111. The predicted molar refractivity (Wildman–Crippen MR) is 72.1 cm³/mol. The van der Waals surface area contributed by atoms with Gasteiger partial charge in [0.2, 0.25) is 11.6 Å². The smallest absolute Gasteiger partial charge is 0.244 e. The van der Waals surface area contributed by atoms with Crippen molar-refractivity contribution in [3.8, 4) is 0 Å². The van der Waals surface area contributed by atoms with E-state index < -0.39 is 11.6 Å². The Morgan fingerprint density at radius 2 is 1.61 bits per heavy atom. The van der Waals surface area contributed by atoms with Crippen LogP contribution in [-0.2, 0) is 4.79 Å². The Kier molecular flexibility index (Phi) is 2.51. The molecule has 18 heavy (non-hydrogen) atoms. The van der Waals surface area contributed by atoms with Crippen LogP contribution in [0.1, 0.15) is 15.9 Å². The summed E-state index contributed by atoms with van der Waals surface area (Å²) in [5, 5.41) is 2.35. The molecule has 0 fully saturated rings. The summed E-state index contributed by atoms with van der Waals surface area (Å²) >= 11 is 11.7. The molecule has 2 aromatic carbocycles. The van der Waals surface area contributed by atoms with Crippen molar-refractivity contribution in [2.75, 3.05) is 0 Å². The molecule has 0 saturated carbocycles. The van der Waals surface area contributed by atoms with Gasteiger partial charge >= 0.3 is 0 Å². The number of benzene rings is 2. The Morgan fingerprint density at radius 1 is 0.833 bits per heavy atom. The summed E-state index contributed by atoms with van der Waals surface area (Å²) in [4.78, 5) is 23.3. The van der Waals surface area contributed by atoms with Gasteiger partial charge in [0.25, 0.3) is 0 Å². The van der Waals surface area contributed by atoms with Crippen molar-refractivity contribution in [2.24, 2.45) is 0 Å². The van der Waals surface area contributed by atoms with Crippen molar-refractivity contribution in [1.82, 2.24) is 0 Å². The normalized spacial score (nSPS) is 14.7. The van der Waals surface area contributed by atoms with Gasteiger partial charge in [0.1, 0.15) is 0 Å². The molecule has 3 rings (SSSR count). The van der Waals surface area contributed by atoms with Gasteiger partial charge in [-0.2, -0.15) is 0 Å². The molecule has 4 heteroatoms. The van der Waals surface area contributed by atoms with Crippen molar-refractivity contribution < 1.29 is 9.59 Å². The highest BCUT2D eigenvalue weighted by Crippen LogP contribution is 2.29. The summed E-state index contributed by atoms with van der Waals surface area (Å²) in [6.07, 6.45) is 1.51. The topological polar surface area (TPSA) is 34.1 Å². The summed E-state index contributed by atoms with van der Waals surface area (Å²) in [6, 6.07) is 8.87. The molecule has 0 unspecified atom stereocenters. The first-order chi connectivity index (χ1) is 8.56. The molecule has 0 heterocycles. The Labute approximate surface area is 113 Å². The lowest BCUT2D eigenvalue weighted by atomic mass is 9.92. The van der Waals surface area contributed by atoms with Crippen LogP contribution in [-0.4, -0.2) is 11.6 Å². The van der Waals surface area contributed by atoms with Gasteiger partial charge in [-0.05, 0) is 46.7 Å². The van der Waals surface area contributed by atoms with E-state index in [4.69, 9.17) is 23.2 Å². The molecule has 0 saturated heterocycles. The van der Waals surface area contributed by atoms with Crippen LogP contribution < -0.4 is 0 Å². The van der Waals surface area contributed by atoms with Crippen LogP contribution in [0.2, 0.25) is 5.02 Å². The Morgan fingerprint density at radius 3 is 2.39 bits per heavy atom. The first-order valence-electron chi connectivity index (χ1n) is 5.26. The molecule has 0 aliphatic heterocycles. The zero-order valence-electron chi connectivity index (χ0n) is 9.04. The Hall–Kier alpha value is -1.64. The van der Waals surface area contributed by atoms with Crippen LogP contribution in [0.4, 0.5) is 0 Å². The first-order valence-corrected chi connectivity index (χ1v) is 6.01. The average Bonchev–Trinajstić information content (AvgIpc) is 2.34. The van der Waals surface area contributed by atoms with Gasteiger partial charge < -0.3 is 0 Å². The first kappa shape index (κ1) is 11.5. The van der Waals surface area contributed by atoms with E-state index >= 15 is 0 Å². The van der Waals surface area contributed by atoms with Crippen molar-refractivity contribution in [3.05, 3.63) is 51.5 Å². The minimum atomic E-state index is -0.655. The van der Waals surface area contributed by atoms with E-state index in [9.17, 15) is 9.59 Å².